The van der Waals surface area contributed by atoms with E-state index in [9.17, 15) is 0 Å². The van der Waals surface area contributed by atoms with Crippen LogP contribution in [0.3, 0.4) is 0 Å². The van der Waals surface area contributed by atoms with Gasteiger partial charge in [0.2, 0.25) is 0 Å². The van der Waals surface area contributed by atoms with E-state index in [1.165, 1.54) is 11.2 Å². The molecule has 0 spiro atoms. The predicted octanol–water partition coefficient (Wildman–Crippen LogP) is 3.61. The number of halogens is 2. The van der Waals surface area contributed by atoms with Crippen LogP contribution in [0.5, 0.6) is 0 Å². The van der Waals surface area contributed by atoms with Gasteiger partial charge in [-0.05, 0) is 34.5 Å². The minimum Gasteiger partial charge on any atom is -0.370 e. The molecule has 0 amide bonds. The molecule has 0 atom stereocenters. The summed E-state index contributed by atoms with van der Waals surface area (Å²) < 4.78 is 1.61. The van der Waals surface area contributed by atoms with E-state index in [-0.39, 0.29) is 0 Å². The monoisotopic (exact) mass is 317 g/mol. The van der Waals surface area contributed by atoms with Crippen LogP contribution in [0.4, 0.5) is 5.82 Å². The summed E-state index contributed by atoms with van der Waals surface area (Å²) in [6.45, 7) is 0.834. The Morgan fingerprint density at radius 1 is 1.38 bits per heavy atom. The van der Waals surface area contributed by atoms with E-state index in [2.05, 4.69) is 31.2 Å². The fraction of sp³-hybridized carbons (Fsp3) is 0.200. The number of hydrogen-bond donors (Lipinski definition) is 1. The maximum Gasteiger partial charge on any atom is 0.130 e. The molecular weight excluding hydrogens is 310 g/mol. The Kier molecular flexibility index (Phi) is 4.15. The van der Waals surface area contributed by atoms with E-state index in [1.54, 1.807) is 11.3 Å². The number of aromatic nitrogens is 2. The van der Waals surface area contributed by atoms with E-state index < -0.39 is 0 Å². The van der Waals surface area contributed by atoms with Gasteiger partial charge in [-0.3, -0.25) is 0 Å². The molecule has 0 bridgehead atoms. The summed E-state index contributed by atoms with van der Waals surface area (Å²) in [5.74, 6) is 0.824. The molecule has 0 aliphatic heterocycles. The lowest BCUT2D eigenvalue weighted by molar-refractivity contribution is 1.01. The van der Waals surface area contributed by atoms with E-state index in [4.69, 9.17) is 11.6 Å². The van der Waals surface area contributed by atoms with Crippen LogP contribution in [0.25, 0.3) is 0 Å². The summed E-state index contributed by atoms with van der Waals surface area (Å²) in [7, 11) is 0. The second kappa shape index (κ2) is 5.61. The molecule has 2 rings (SSSR count). The Morgan fingerprint density at radius 3 is 2.94 bits per heavy atom. The van der Waals surface area contributed by atoms with Crippen molar-refractivity contribution < 1.29 is 0 Å². The van der Waals surface area contributed by atoms with Crippen LogP contribution < -0.4 is 5.32 Å². The molecule has 0 aromatic carbocycles. The minimum absolute atomic E-state index is 0.782. The highest BCUT2D eigenvalue weighted by atomic mass is 79.9. The smallest absolute Gasteiger partial charge is 0.130 e. The van der Waals surface area contributed by atoms with Crippen molar-refractivity contribution in [2.45, 2.75) is 6.42 Å². The second-order valence-electron chi connectivity index (χ2n) is 3.11. The Morgan fingerprint density at radius 2 is 2.25 bits per heavy atom. The molecule has 0 radical (unpaired) electrons. The summed E-state index contributed by atoms with van der Waals surface area (Å²) in [5, 5.41) is 3.23. The quantitative estimate of drug-likeness (QED) is 0.875. The van der Waals surface area contributed by atoms with Gasteiger partial charge in [0.25, 0.3) is 0 Å². The van der Waals surface area contributed by atoms with Crippen LogP contribution in [0, 0.1) is 0 Å². The molecule has 0 saturated carbocycles. The number of rotatable bonds is 4. The van der Waals surface area contributed by atoms with Crippen LogP contribution >= 0.6 is 38.9 Å². The van der Waals surface area contributed by atoms with Gasteiger partial charge in [0.15, 0.2) is 0 Å². The fourth-order valence-corrected chi connectivity index (χ4v) is 2.63. The van der Waals surface area contributed by atoms with Gasteiger partial charge in [0, 0.05) is 17.5 Å². The lowest BCUT2D eigenvalue weighted by Gasteiger charge is -2.03. The standard InChI is InChI=1S/C10H9BrClN3S/c11-8-5-10(15-6-14-8)13-4-3-7-1-2-9(12)16-7/h1-2,5-6H,3-4H2,(H,13,14,15). The number of hydrogen-bond acceptors (Lipinski definition) is 4. The molecule has 16 heavy (non-hydrogen) atoms. The molecule has 3 nitrogen and oxygen atoms in total. The molecule has 1 N–H and O–H groups in total. The lowest BCUT2D eigenvalue weighted by Crippen LogP contribution is -2.05. The summed E-state index contributed by atoms with van der Waals surface area (Å²) in [4.78, 5) is 9.33. The molecule has 0 saturated heterocycles. The number of anilines is 1. The van der Waals surface area contributed by atoms with Crippen molar-refractivity contribution in [3.05, 3.63) is 38.3 Å². The van der Waals surface area contributed by atoms with Gasteiger partial charge in [-0.25, -0.2) is 9.97 Å². The highest BCUT2D eigenvalue weighted by Gasteiger charge is 1.99. The average molecular weight is 319 g/mol. The van der Waals surface area contributed by atoms with Gasteiger partial charge in [-0.1, -0.05) is 11.6 Å². The Hall–Kier alpha value is -0.650. The third kappa shape index (κ3) is 3.43. The Balaban J connectivity index is 1.84. The van der Waals surface area contributed by atoms with Gasteiger partial charge in [-0.15, -0.1) is 11.3 Å². The molecule has 0 fully saturated rings. The van der Waals surface area contributed by atoms with Crippen LogP contribution in [0.15, 0.2) is 29.1 Å². The summed E-state index contributed by atoms with van der Waals surface area (Å²) in [5.41, 5.74) is 0. The first-order chi connectivity index (χ1) is 7.74. The van der Waals surface area contributed by atoms with Crippen molar-refractivity contribution in [1.29, 1.82) is 0 Å². The van der Waals surface area contributed by atoms with Crippen LogP contribution in [0.2, 0.25) is 4.34 Å². The van der Waals surface area contributed by atoms with Gasteiger partial charge in [0.05, 0.1) is 4.34 Å². The van der Waals surface area contributed by atoms with Gasteiger partial charge in [0.1, 0.15) is 16.7 Å². The number of nitrogens with one attached hydrogen (secondary N) is 1. The van der Waals surface area contributed by atoms with E-state index in [0.717, 1.165) is 27.7 Å². The van der Waals surface area contributed by atoms with Crippen molar-refractivity contribution in [1.82, 2.24) is 9.97 Å². The number of nitrogens with zero attached hydrogens (tertiary/aromatic N) is 2. The molecule has 0 unspecified atom stereocenters. The first-order valence-corrected chi connectivity index (χ1v) is 6.68. The third-order valence-corrected chi connectivity index (χ3v) is 3.66. The van der Waals surface area contributed by atoms with Crippen LogP contribution in [-0.2, 0) is 6.42 Å². The van der Waals surface area contributed by atoms with Gasteiger partial charge in [-0.2, -0.15) is 0 Å². The first kappa shape index (κ1) is 11.8. The molecule has 2 aromatic heterocycles. The maximum atomic E-state index is 5.85. The van der Waals surface area contributed by atoms with Crippen LogP contribution in [0.1, 0.15) is 4.88 Å². The summed E-state index contributed by atoms with van der Waals surface area (Å²) in [6.07, 6.45) is 2.47. The highest BCUT2D eigenvalue weighted by Crippen LogP contribution is 2.21. The van der Waals surface area contributed by atoms with Crippen molar-refractivity contribution in [3.8, 4) is 0 Å². The molecule has 2 aromatic rings. The predicted molar refractivity (Wildman–Crippen MR) is 71.3 cm³/mol. The summed E-state index contributed by atoms with van der Waals surface area (Å²) in [6, 6.07) is 5.81. The molecule has 84 valence electrons. The summed E-state index contributed by atoms with van der Waals surface area (Å²) >= 11 is 10.8. The van der Waals surface area contributed by atoms with E-state index >= 15 is 0 Å². The second-order valence-corrected chi connectivity index (χ2v) is 5.72. The van der Waals surface area contributed by atoms with Crippen molar-refractivity contribution >= 4 is 44.7 Å². The van der Waals surface area contributed by atoms with Crippen molar-refractivity contribution in [2.24, 2.45) is 0 Å². The lowest BCUT2D eigenvalue weighted by atomic mass is 10.3. The molecule has 2 heterocycles. The van der Waals surface area contributed by atoms with Crippen molar-refractivity contribution in [3.63, 3.8) is 0 Å². The maximum absolute atomic E-state index is 5.85. The third-order valence-electron chi connectivity index (χ3n) is 1.94. The van der Waals surface area contributed by atoms with E-state index in [0.29, 0.717) is 0 Å². The average Bonchev–Trinajstić information content (AvgIpc) is 2.64. The highest BCUT2D eigenvalue weighted by molar-refractivity contribution is 9.10. The Labute approximate surface area is 111 Å². The van der Waals surface area contributed by atoms with Crippen LogP contribution in [-0.4, -0.2) is 16.5 Å². The van der Waals surface area contributed by atoms with E-state index in [1.807, 2.05) is 18.2 Å². The molecule has 6 heteroatoms. The minimum atomic E-state index is 0.782. The van der Waals surface area contributed by atoms with Gasteiger partial charge >= 0.3 is 0 Å². The SMILES string of the molecule is Clc1ccc(CCNc2cc(Br)ncn2)s1. The topological polar surface area (TPSA) is 37.8 Å². The Bertz CT molecular complexity index is 475. The first-order valence-electron chi connectivity index (χ1n) is 4.69. The molecule has 0 aliphatic carbocycles. The normalized spacial score (nSPS) is 10.4. The zero-order chi connectivity index (χ0) is 11.4. The zero-order valence-corrected chi connectivity index (χ0v) is 11.4. The molecular formula is C10H9BrClN3S. The largest absolute Gasteiger partial charge is 0.370 e. The zero-order valence-electron chi connectivity index (χ0n) is 8.28. The molecule has 0 aliphatic rings. The van der Waals surface area contributed by atoms with Gasteiger partial charge < -0.3 is 5.32 Å². The number of thiophene rings is 1. The van der Waals surface area contributed by atoms with Crippen molar-refractivity contribution in [2.75, 3.05) is 11.9 Å². The fourth-order valence-electron chi connectivity index (χ4n) is 1.23.